The lowest BCUT2D eigenvalue weighted by Crippen LogP contribution is -2.29. The van der Waals surface area contributed by atoms with Gasteiger partial charge in [0, 0.05) is 18.1 Å². The predicted molar refractivity (Wildman–Crippen MR) is 87.9 cm³/mol. The van der Waals surface area contributed by atoms with Gasteiger partial charge in [-0.25, -0.2) is 4.39 Å². The Labute approximate surface area is 139 Å². The Morgan fingerprint density at radius 2 is 1.87 bits per heavy atom. The molecule has 2 aliphatic heterocycles. The Kier molecular flexibility index (Phi) is 3.77. The minimum absolute atomic E-state index is 0.357. The third kappa shape index (κ3) is 2.72. The lowest BCUT2D eigenvalue weighted by atomic mass is 10.1. The molecule has 3 nitrogen and oxygen atoms in total. The Morgan fingerprint density at radius 3 is 2.65 bits per heavy atom. The summed E-state index contributed by atoms with van der Waals surface area (Å²) >= 11 is 5.81. The van der Waals surface area contributed by atoms with E-state index in [1.165, 1.54) is 25.3 Å². The number of hydrogen-bond acceptors (Lipinski definition) is 3. The summed E-state index contributed by atoms with van der Waals surface area (Å²) in [6, 6.07) is 10.4. The molecular weight excluding hydrogens is 317 g/mol. The molecule has 23 heavy (non-hydrogen) atoms. The van der Waals surface area contributed by atoms with E-state index < -0.39 is 12.1 Å². The van der Waals surface area contributed by atoms with Gasteiger partial charge in [0.25, 0.3) is 6.29 Å². The highest BCUT2D eigenvalue weighted by Crippen LogP contribution is 2.47. The molecule has 0 aliphatic carbocycles. The van der Waals surface area contributed by atoms with Gasteiger partial charge in [0.1, 0.15) is 5.82 Å². The fourth-order valence-corrected chi connectivity index (χ4v) is 3.32. The number of nitrogens with zero attached hydrogens (tertiary/aromatic N) is 1. The molecule has 1 saturated heterocycles. The Balaban J connectivity index is 1.64. The third-order valence-corrected chi connectivity index (χ3v) is 4.57. The van der Waals surface area contributed by atoms with E-state index >= 15 is 0 Å². The molecule has 0 aromatic heterocycles. The van der Waals surface area contributed by atoms with Crippen LogP contribution in [-0.2, 0) is 0 Å². The molecule has 120 valence electrons. The summed E-state index contributed by atoms with van der Waals surface area (Å²) in [5.74, 6) is 0.941. The zero-order valence-electron chi connectivity index (χ0n) is 12.6. The third-order valence-electron chi connectivity index (χ3n) is 4.33. The van der Waals surface area contributed by atoms with Crippen molar-refractivity contribution in [3.8, 4) is 11.5 Å². The summed E-state index contributed by atoms with van der Waals surface area (Å²) in [4.78, 5) is 2.31. The van der Waals surface area contributed by atoms with Crippen LogP contribution in [-0.4, -0.2) is 13.1 Å². The summed E-state index contributed by atoms with van der Waals surface area (Å²) in [7, 11) is 0. The summed E-state index contributed by atoms with van der Waals surface area (Å²) < 4.78 is 25.9. The monoisotopic (exact) mass is 333 g/mol. The van der Waals surface area contributed by atoms with Gasteiger partial charge in [-0.3, -0.25) is 0 Å². The Bertz CT molecular complexity index is 731. The van der Waals surface area contributed by atoms with Gasteiger partial charge in [-0.2, -0.15) is 0 Å². The van der Waals surface area contributed by atoms with Crippen LogP contribution < -0.4 is 14.4 Å². The van der Waals surface area contributed by atoms with E-state index in [-0.39, 0.29) is 0 Å². The molecule has 0 spiro atoms. The average molecular weight is 334 g/mol. The van der Waals surface area contributed by atoms with E-state index in [0.717, 1.165) is 18.8 Å². The van der Waals surface area contributed by atoms with Gasteiger partial charge in [0.05, 0.1) is 11.3 Å². The van der Waals surface area contributed by atoms with Crippen LogP contribution in [0.4, 0.5) is 10.1 Å². The van der Waals surface area contributed by atoms with Crippen LogP contribution in [0.2, 0.25) is 5.02 Å². The van der Waals surface area contributed by atoms with Crippen molar-refractivity contribution in [3.63, 3.8) is 0 Å². The number of piperidine rings is 1. The van der Waals surface area contributed by atoms with E-state index in [1.54, 1.807) is 12.1 Å². The molecule has 2 aromatic rings. The number of para-hydroxylation sites is 1. The van der Waals surface area contributed by atoms with E-state index in [1.807, 2.05) is 18.2 Å². The van der Waals surface area contributed by atoms with Crippen LogP contribution in [0.25, 0.3) is 0 Å². The topological polar surface area (TPSA) is 21.7 Å². The number of benzene rings is 2. The highest BCUT2D eigenvalue weighted by atomic mass is 35.5. The molecule has 5 heteroatoms. The molecule has 0 radical (unpaired) electrons. The van der Waals surface area contributed by atoms with Crippen molar-refractivity contribution in [3.05, 3.63) is 52.8 Å². The Hall–Kier alpha value is -1.94. The van der Waals surface area contributed by atoms with Gasteiger partial charge in [-0.05, 0) is 49.6 Å². The summed E-state index contributed by atoms with van der Waals surface area (Å²) in [5, 5.41) is 0.357. The summed E-state index contributed by atoms with van der Waals surface area (Å²) in [6.45, 7) is 2.03. The molecule has 4 rings (SSSR count). The number of anilines is 1. The van der Waals surface area contributed by atoms with Crippen molar-refractivity contribution in [2.75, 3.05) is 18.0 Å². The quantitative estimate of drug-likeness (QED) is 0.777. The van der Waals surface area contributed by atoms with E-state index in [2.05, 4.69) is 4.90 Å². The number of ether oxygens (including phenoxy) is 2. The van der Waals surface area contributed by atoms with Crippen LogP contribution in [0.5, 0.6) is 11.5 Å². The molecule has 2 aliphatic rings. The van der Waals surface area contributed by atoms with Gasteiger partial charge in [-0.1, -0.05) is 17.7 Å². The number of hydrogen-bond donors (Lipinski definition) is 0. The minimum atomic E-state index is -0.770. The van der Waals surface area contributed by atoms with Crippen LogP contribution in [0.15, 0.2) is 36.4 Å². The van der Waals surface area contributed by atoms with Crippen molar-refractivity contribution >= 4 is 17.3 Å². The maximum absolute atomic E-state index is 14.1. The summed E-state index contributed by atoms with van der Waals surface area (Å²) in [5.41, 5.74) is 1.38. The second-order valence-corrected chi connectivity index (χ2v) is 6.32. The van der Waals surface area contributed by atoms with Crippen molar-refractivity contribution in [1.82, 2.24) is 0 Å². The lowest BCUT2D eigenvalue weighted by molar-refractivity contribution is 0.0456. The molecule has 0 bridgehead atoms. The van der Waals surface area contributed by atoms with Crippen LogP contribution in [0.1, 0.15) is 31.1 Å². The number of fused-ring (bicyclic) bond motifs is 1. The maximum Gasteiger partial charge on any atom is 0.270 e. The standard InChI is InChI=1S/C18H17ClFNO2/c19-12-7-8-13(14(20)11-12)18-22-16-6-4-5-15(17(16)23-18)21-9-2-1-3-10-21/h4-8,11,18H,1-3,9-10H2/t18-/m0/s1. The number of halogens is 2. The molecule has 0 unspecified atom stereocenters. The van der Waals surface area contributed by atoms with E-state index in [4.69, 9.17) is 21.1 Å². The average Bonchev–Trinajstić information content (AvgIpc) is 2.99. The highest BCUT2D eigenvalue weighted by molar-refractivity contribution is 6.30. The van der Waals surface area contributed by atoms with Gasteiger partial charge in [0.15, 0.2) is 11.5 Å². The van der Waals surface area contributed by atoms with Crippen molar-refractivity contribution in [1.29, 1.82) is 0 Å². The molecule has 2 heterocycles. The molecule has 2 aromatic carbocycles. The van der Waals surface area contributed by atoms with E-state index in [0.29, 0.717) is 22.1 Å². The van der Waals surface area contributed by atoms with Gasteiger partial charge < -0.3 is 14.4 Å². The van der Waals surface area contributed by atoms with Crippen LogP contribution in [0.3, 0.4) is 0 Å². The van der Waals surface area contributed by atoms with Gasteiger partial charge >= 0.3 is 0 Å². The summed E-state index contributed by atoms with van der Waals surface area (Å²) in [6.07, 6.45) is 2.86. The minimum Gasteiger partial charge on any atom is -0.446 e. The van der Waals surface area contributed by atoms with Gasteiger partial charge in [-0.15, -0.1) is 0 Å². The first-order chi connectivity index (χ1) is 11.2. The predicted octanol–water partition coefficient (Wildman–Crippen LogP) is 4.94. The van der Waals surface area contributed by atoms with Crippen molar-refractivity contribution in [2.45, 2.75) is 25.6 Å². The molecular formula is C18H17ClFNO2. The fraction of sp³-hybridized carbons (Fsp3) is 0.333. The zero-order chi connectivity index (χ0) is 15.8. The SMILES string of the molecule is Fc1cc(Cl)ccc1[C@H]1Oc2cccc(N3CCCCC3)c2O1. The molecule has 0 N–H and O–H groups in total. The normalized spacial score (nSPS) is 19.9. The maximum atomic E-state index is 14.1. The van der Waals surface area contributed by atoms with Crippen LogP contribution >= 0.6 is 11.6 Å². The Morgan fingerprint density at radius 1 is 1.04 bits per heavy atom. The van der Waals surface area contributed by atoms with Gasteiger partial charge in [0.2, 0.25) is 0 Å². The zero-order valence-corrected chi connectivity index (χ0v) is 13.4. The molecule has 1 atom stereocenters. The second-order valence-electron chi connectivity index (χ2n) is 5.89. The fourth-order valence-electron chi connectivity index (χ4n) is 3.17. The van der Waals surface area contributed by atoms with Crippen molar-refractivity contribution in [2.24, 2.45) is 0 Å². The second kappa shape index (κ2) is 5.93. The smallest absolute Gasteiger partial charge is 0.270 e. The molecule has 1 fully saturated rings. The molecule has 0 amide bonds. The van der Waals surface area contributed by atoms with E-state index in [9.17, 15) is 4.39 Å². The highest BCUT2D eigenvalue weighted by Gasteiger charge is 2.31. The largest absolute Gasteiger partial charge is 0.446 e. The van der Waals surface area contributed by atoms with Crippen molar-refractivity contribution < 1.29 is 13.9 Å². The first-order valence-corrected chi connectivity index (χ1v) is 8.26. The van der Waals surface area contributed by atoms with Crippen LogP contribution in [0, 0.1) is 5.82 Å². The first-order valence-electron chi connectivity index (χ1n) is 7.88. The number of rotatable bonds is 2. The lowest BCUT2D eigenvalue weighted by Gasteiger charge is -2.29. The molecule has 0 saturated carbocycles. The first kappa shape index (κ1) is 14.6.